The summed E-state index contributed by atoms with van der Waals surface area (Å²) in [5.74, 6) is 0.272. The normalized spacial score (nSPS) is 21.4. The minimum Gasteiger partial charge on any atom is -0.326 e. The molecule has 110 valence electrons. The summed E-state index contributed by atoms with van der Waals surface area (Å²) in [5.41, 5.74) is 2.98. The van der Waals surface area contributed by atoms with Gasteiger partial charge in [-0.05, 0) is 44.2 Å². The number of rotatable bonds is 3. The van der Waals surface area contributed by atoms with E-state index in [2.05, 4.69) is 5.32 Å². The highest BCUT2D eigenvalue weighted by Gasteiger charge is 2.26. The Hall–Kier alpha value is -1.36. The van der Waals surface area contributed by atoms with Gasteiger partial charge in [0.15, 0.2) is 9.84 Å². The molecular weight excluding hydrogens is 274 g/mol. The summed E-state index contributed by atoms with van der Waals surface area (Å²) < 4.78 is 23.1. The topological polar surface area (TPSA) is 63.2 Å². The van der Waals surface area contributed by atoms with Crippen molar-refractivity contribution in [3.63, 3.8) is 0 Å². The van der Waals surface area contributed by atoms with E-state index in [-0.39, 0.29) is 29.8 Å². The number of nitrogens with one attached hydrogen (secondary N) is 1. The largest absolute Gasteiger partial charge is 0.326 e. The molecule has 0 bridgehead atoms. The van der Waals surface area contributed by atoms with Gasteiger partial charge < -0.3 is 5.32 Å². The Bertz CT molecular complexity index is 608. The molecule has 1 unspecified atom stereocenters. The zero-order valence-corrected chi connectivity index (χ0v) is 12.8. The molecular formula is C15H21NO3S. The predicted molar refractivity (Wildman–Crippen MR) is 80.5 cm³/mol. The fourth-order valence-corrected chi connectivity index (χ4v) is 4.47. The molecule has 1 aromatic carbocycles. The van der Waals surface area contributed by atoms with E-state index in [4.69, 9.17) is 0 Å². The third-order valence-electron chi connectivity index (χ3n) is 3.69. The Morgan fingerprint density at radius 1 is 1.35 bits per heavy atom. The first-order valence-electron chi connectivity index (χ1n) is 6.93. The maximum Gasteiger partial charge on any atom is 0.224 e. The minimum atomic E-state index is -2.94. The van der Waals surface area contributed by atoms with Crippen molar-refractivity contribution in [2.45, 2.75) is 33.1 Å². The van der Waals surface area contributed by atoms with Gasteiger partial charge in [-0.3, -0.25) is 4.79 Å². The summed E-state index contributed by atoms with van der Waals surface area (Å²) in [4.78, 5) is 12.0. The molecule has 1 aromatic rings. The summed E-state index contributed by atoms with van der Waals surface area (Å²) in [5, 5.41) is 2.88. The standard InChI is InChI=1S/C15H21NO3S/c1-11-5-6-14(12(2)8-11)16-15(17)9-13-4-3-7-20(18,19)10-13/h5-6,8,13H,3-4,7,9-10H2,1-2H3,(H,16,17). The highest BCUT2D eigenvalue weighted by Crippen LogP contribution is 2.23. The van der Waals surface area contributed by atoms with Gasteiger partial charge in [0, 0.05) is 12.1 Å². The van der Waals surface area contributed by atoms with E-state index in [1.54, 1.807) is 0 Å². The van der Waals surface area contributed by atoms with Crippen LogP contribution in [0, 0.1) is 19.8 Å². The van der Waals surface area contributed by atoms with Gasteiger partial charge in [0.1, 0.15) is 0 Å². The van der Waals surface area contributed by atoms with Crippen molar-refractivity contribution in [2.24, 2.45) is 5.92 Å². The van der Waals surface area contributed by atoms with Crippen molar-refractivity contribution in [1.82, 2.24) is 0 Å². The van der Waals surface area contributed by atoms with E-state index >= 15 is 0 Å². The van der Waals surface area contributed by atoms with E-state index < -0.39 is 9.84 Å². The van der Waals surface area contributed by atoms with Crippen molar-refractivity contribution in [1.29, 1.82) is 0 Å². The van der Waals surface area contributed by atoms with Gasteiger partial charge in [-0.15, -0.1) is 0 Å². The fraction of sp³-hybridized carbons (Fsp3) is 0.533. The minimum absolute atomic E-state index is 0.0421. The molecule has 1 fully saturated rings. The second-order valence-electron chi connectivity index (χ2n) is 5.69. The van der Waals surface area contributed by atoms with Gasteiger partial charge in [-0.2, -0.15) is 0 Å². The molecule has 1 aliphatic heterocycles. The first kappa shape index (κ1) is 15.0. The van der Waals surface area contributed by atoms with Crippen LogP contribution in [-0.2, 0) is 14.6 Å². The van der Waals surface area contributed by atoms with Crippen molar-refractivity contribution in [2.75, 3.05) is 16.8 Å². The van der Waals surface area contributed by atoms with Crippen LogP contribution < -0.4 is 5.32 Å². The Morgan fingerprint density at radius 2 is 2.10 bits per heavy atom. The first-order chi connectivity index (χ1) is 9.35. The van der Waals surface area contributed by atoms with Gasteiger partial charge >= 0.3 is 0 Å². The van der Waals surface area contributed by atoms with Crippen molar-refractivity contribution in [3.05, 3.63) is 29.3 Å². The molecule has 0 radical (unpaired) electrons. The molecule has 1 heterocycles. The van der Waals surface area contributed by atoms with Gasteiger partial charge in [-0.1, -0.05) is 17.7 Å². The number of benzene rings is 1. The number of sulfone groups is 1. The van der Waals surface area contributed by atoms with Crippen LogP contribution in [-0.4, -0.2) is 25.8 Å². The molecule has 20 heavy (non-hydrogen) atoms. The van der Waals surface area contributed by atoms with Crippen LogP contribution >= 0.6 is 0 Å². The number of hydrogen-bond donors (Lipinski definition) is 1. The molecule has 1 amide bonds. The molecule has 0 aliphatic carbocycles. The quantitative estimate of drug-likeness (QED) is 0.931. The van der Waals surface area contributed by atoms with Gasteiger partial charge in [0.2, 0.25) is 5.91 Å². The van der Waals surface area contributed by atoms with Crippen molar-refractivity contribution in [3.8, 4) is 0 Å². The van der Waals surface area contributed by atoms with E-state index in [1.165, 1.54) is 0 Å². The van der Waals surface area contributed by atoms with E-state index in [0.717, 1.165) is 23.2 Å². The maximum atomic E-state index is 12.0. The maximum absolute atomic E-state index is 12.0. The van der Waals surface area contributed by atoms with Crippen LogP contribution in [0.1, 0.15) is 30.4 Å². The molecule has 1 saturated heterocycles. The SMILES string of the molecule is Cc1ccc(NC(=O)CC2CCCS(=O)(=O)C2)c(C)c1. The van der Waals surface area contributed by atoms with Crippen molar-refractivity contribution < 1.29 is 13.2 Å². The number of carbonyl (C=O) groups is 1. The van der Waals surface area contributed by atoms with Crippen LogP contribution in [0.3, 0.4) is 0 Å². The molecule has 1 N–H and O–H groups in total. The molecule has 0 aromatic heterocycles. The summed E-state index contributed by atoms with van der Waals surface area (Å²) in [7, 11) is -2.94. The Kier molecular flexibility index (Phi) is 4.48. The van der Waals surface area contributed by atoms with Crippen LogP contribution in [0.5, 0.6) is 0 Å². The molecule has 1 atom stereocenters. The Morgan fingerprint density at radius 3 is 2.75 bits per heavy atom. The van der Waals surface area contributed by atoms with Crippen LogP contribution in [0.15, 0.2) is 18.2 Å². The van der Waals surface area contributed by atoms with E-state index in [9.17, 15) is 13.2 Å². The highest BCUT2D eigenvalue weighted by molar-refractivity contribution is 7.91. The van der Waals surface area contributed by atoms with Gasteiger partial charge in [0.05, 0.1) is 11.5 Å². The van der Waals surface area contributed by atoms with Crippen LogP contribution in [0.25, 0.3) is 0 Å². The van der Waals surface area contributed by atoms with Crippen molar-refractivity contribution >= 4 is 21.4 Å². The lowest BCUT2D eigenvalue weighted by Crippen LogP contribution is -2.28. The molecule has 4 nitrogen and oxygen atoms in total. The smallest absolute Gasteiger partial charge is 0.224 e. The summed E-state index contributed by atoms with van der Waals surface area (Å²) in [6, 6.07) is 5.86. The third-order valence-corrected chi connectivity index (χ3v) is 5.58. The summed E-state index contributed by atoms with van der Waals surface area (Å²) >= 11 is 0. The average molecular weight is 295 g/mol. The first-order valence-corrected chi connectivity index (χ1v) is 8.75. The predicted octanol–water partition coefficient (Wildman–Crippen LogP) is 2.46. The fourth-order valence-electron chi connectivity index (χ4n) is 2.70. The molecule has 5 heteroatoms. The zero-order valence-electron chi connectivity index (χ0n) is 12.0. The second kappa shape index (κ2) is 5.95. The monoisotopic (exact) mass is 295 g/mol. The summed E-state index contributed by atoms with van der Waals surface area (Å²) in [6.07, 6.45) is 1.77. The number of amides is 1. The summed E-state index contributed by atoms with van der Waals surface area (Å²) in [6.45, 7) is 3.96. The average Bonchev–Trinajstić information content (AvgIpc) is 2.31. The van der Waals surface area contributed by atoms with E-state index in [1.807, 2.05) is 32.0 Å². The number of aryl methyl sites for hydroxylation is 2. The lowest BCUT2D eigenvalue weighted by Gasteiger charge is -2.21. The third kappa shape index (κ3) is 4.07. The lowest BCUT2D eigenvalue weighted by atomic mass is 10.0. The van der Waals surface area contributed by atoms with E-state index in [0.29, 0.717) is 6.42 Å². The molecule has 0 spiro atoms. The van der Waals surface area contributed by atoms with Crippen LogP contribution in [0.2, 0.25) is 0 Å². The molecule has 2 rings (SSSR count). The van der Waals surface area contributed by atoms with Gasteiger partial charge in [0.25, 0.3) is 0 Å². The van der Waals surface area contributed by atoms with Gasteiger partial charge in [-0.25, -0.2) is 8.42 Å². The molecule has 1 aliphatic rings. The Labute approximate surface area is 120 Å². The Balaban J connectivity index is 1.95. The highest BCUT2D eigenvalue weighted by atomic mass is 32.2. The second-order valence-corrected chi connectivity index (χ2v) is 7.92. The van der Waals surface area contributed by atoms with Crippen LogP contribution in [0.4, 0.5) is 5.69 Å². The lowest BCUT2D eigenvalue weighted by molar-refractivity contribution is -0.117. The number of carbonyl (C=O) groups excluding carboxylic acids is 1. The molecule has 0 saturated carbocycles. The number of anilines is 1. The zero-order chi connectivity index (χ0) is 14.8. The number of hydrogen-bond acceptors (Lipinski definition) is 3.